The zero-order valence-electron chi connectivity index (χ0n) is 16.9. The molecule has 3 aromatic rings. The highest BCUT2D eigenvalue weighted by molar-refractivity contribution is 5.94. The van der Waals surface area contributed by atoms with Crippen molar-refractivity contribution in [3.8, 4) is 0 Å². The number of nitrogens with zero attached hydrogens (tertiary/aromatic N) is 4. The van der Waals surface area contributed by atoms with Crippen molar-refractivity contribution in [2.75, 3.05) is 26.2 Å². The first-order chi connectivity index (χ1) is 14.1. The van der Waals surface area contributed by atoms with Crippen molar-refractivity contribution in [1.29, 1.82) is 0 Å². The van der Waals surface area contributed by atoms with E-state index in [9.17, 15) is 4.79 Å². The number of nitrogens with one attached hydrogen (secondary N) is 1. The normalized spacial score (nSPS) is 20.1. The Balaban J connectivity index is 1.30. The van der Waals surface area contributed by atoms with E-state index in [1.807, 2.05) is 53.2 Å². The molecule has 0 saturated carbocycles. The Hall–Kier alpha value is -2.77. The summed E-state index contributed by atoms with van der Waals surface area (Å²) < 4.78 is 7.62. The fraction of sp³-hybridized carbons (Fsp3) is 0.409. The Labute approximate surface area is 170 Å². The first kappa shape index (κ1) is 19.5. The van der Waals surface area contributed by atoms with Gasteiger partial charge in [-0.2, -0.15) is 0 Å². The minimum atomic E-state index is -0.0443. The summed E-state index contributed by atoms with van der Waals surface area (Å²) in [7, 11) is 0. The molecular weight excluding hydrogens is 366 g/mol. The highest BCUT2D eigenvalue weighted by atomic mass is 16.5. The quantitative estimate of drug-likeness (QED) is 0.696. The summed E-state index contributed by atoms with van der Waals surface area (Å²) >= 11 is 0. The number of fused-ring (bicyclic) bond motifs is 1. The predicted molar refractivity (Wildman–Crippen MR) is 112 cm³/mol. The standard InChI is InChI=1S/C22H27N5O2/c1-16-13-26(14-17(2)29-16)12-11-23-22(28)19-9-7-18(8-10-19)15-27-21-6-4-3-5-20(21)24-25-27/h3-10,16-17H,11-15H2,1-2H3,(H,23,28). The Morgan fingerprint density at radius 1 is 1.10 bits per heavy atom. The monoisotopic (exact) mass is 393 g/mol. The minimum absolute atomic E-state index is 0.0443. The number of carbonyl (C=O) groups is 1. The number of carbonyl (C=O) groups excluding carboxylic acids is 1. The van der Waals surface area contributed by atoms with E-state index in [0.29, 0.717) is 18.7 Å². The molecule has 29 heavy (non-hydrogen) atoms. The van der Waals surface area contributed by atoms with Crippen LogP contribution in [0, 0.1) is 0 Å². The molecule has 1 aliphatic rings. The van der Waals surface area contributed by atoms with E-state index in [1.165, 1.54) is 0 Å². The van der Waals surface area contributed by atoms with Gasteiger partial charge in [0.1, 0.15) is 5.52 Å². The van der Waals surface area contributed by atoms with Gasteiger partial charge >= 0.3 is 0 Å². The fourth-order valence-electron chi connectivity index (χ4n) is 3.87. The number of aromatic nitrogens is 3. The molecule has 2 atom stereocenters. The topological polar surface area (TPSA) is 72.3 Å². The summed E-state index contributed by atoms with van der Waals surface area (Å²) in [5, 5.41) is 11.4. The number of rotatable bonds is 6. The molecule has 1 saturated heterocycles. The van der Waals surface area contributed by atoms with Gasteiger partial charge in [-0.3, -0.25) is 9.69 Å². The van der Waals surface area contributed by atoms with E-state index in [-0.39, 0.29) is 18.1 Å². The van der Waals surface area contributed by atoms with Gasteiger partial charge in [-0.15, -0.1) is 5.10 Å². The molecule has 2 unspecified atom stereocenters. The highest BCUT2D eigenvalue weighted by Gasteiger charge is 2.21. The number of para-hydroxylation sites is 1. The second kappa shape index (κ2) is 8.71. The average molecular weight is 393 g/mol. The van der Waals surface area contributed by atoms with Crippen molar-refractivity contribution >= 4 is 16.9 Å². The summed E-state index contributed by atoms with van der Waals surface area (Å²) in [5.41, 5.74) is 3.63. The van der Waals surface area contributed by atoms with Gasteiger partial charge < -0.3 is 10.1 Å². The molecule has 1 aromatic heterocycles. The SMILES string of the molecule is CC1CN(CCNC(=O)c2ccc(Cn3nnc4ccccc43)cc2)CC(C)O1. The molecule has 0 bridgehead atoms. The lowest BCUT2D eigenvalue weighted by molar-refractivity contribution is -0.0672. The molecule has 1 fully saturated rings. The lowest BCUT2D eigenvalue weighted by Gasteiger charge is -2.35. The number of ether oxygens (including phenoxy) is 1. The van der Waals surface area contributed by atoms with Crippen LogP contribution in [0.25, 0.3) is 11.0 Å². The van der Waals surface area contributed by atoms with E-state index < -0.39 is 0 Å². The fourth-order valence-corrected chi connectivity index (χ4v) is 3.87. The Morgan fingerprint density at radius 3 is 2.59 bits per heavy atom. The van der Waals surface area contributed by atoms with E-state index in [1.54, 1.807) is 0 Å². The highest BCUT2D eigenvalue weighted by Crippen LogP contribution is 2.13. The van der Waals surface area contributed by atoms with Crippen LogP contribution >= 0.6 is 0 Å². The Bertz CT molecular complexity index is 959. The van der Waals surface area contributed by atoms with Gasteiger partial charge in [-0.1, -0.05) is 29.5 Å². The smallest absolute Gasteiger partial charge is 0.251 e. The van der Waals surface area contributed by atoms with Crippen LogP contribution in [0.2, 0.25) is 0 Å². The molecule has 2 heterocycles. The first-order valence-corrected chi connectivity index (χ1v) is 10.1. The maximum atomic E-state index is 12.4. The molecular formula is C22H27N5O2. The van der Waals surface area contributed by atoms with Crippen molar-refractivity contribution in [2.45, 2.75) is 32.6 Å². The van der Waals surface area contributed by atoms with E-state index in [0.717, 1.165) is 36.2 Å². The third-order valence-electron chi connectivity index (χ3n) is 5.18. The average Bonchev–Trinajstić information content (AvgIpc) is 3.11. The molecule has 0 spiro atoms. The third kappa shape index (κ3) is 4.81. The van der Waals surface area contributed by atoms with Gasteiger partial charge in [0, 0.05) is 31.7 Å². The Kier molecular flexibility index (Phi) is 5.87. The van der Waals surface area contributed by atoms with E-state index in [4.69, 9.17) is 4.74 Å². The van der Waals surface area contributed by atoms with Crippen molar-refractivity contribution in [2.24, 2.45) is 0 Å². The summed E-state index contributed by atoms with van der Waals surface area (Å²) in [5.74, 6) is -0.0443. The van der Waals surface area contributed by atoms with Crippen LogP contribution < -0.4 is 5.32 Å². The van der Waals surface area contributed by atoms with Crippen LogP contribution in [0.4, 0.5) is 0 Å². The maximum Gasteiger partial charge on any atom is 0.251 e. The van der Waals surface area contributed by atoms with Gasteiger partial charge in [0.2, 0.25) is 0 Å². The lowest BCUT2D eigenvalue weighted by Crippen LogP contribution is -2.47. The van der Waals surface area contributed by atoms with Gasteiger partial charge in [0.25, 0.3) is 5.91 Å². The number of amides is 1. The number of hydrogen-bond donors (Lipinski definition) is 1. The molecule has 2 aromatic carbocycles. The van der Waals surface area contributed by atoms with Crippen molar-refractivity contribution in [3.63, 3.8) is 0 Å². The van der Waals surface area contributed by atoms with Crippen LogP contribution in [0.5, 0.6) is 0 Å². The summed E-state index contributed by atoms with van der Waals surface area (Å²) in [6.45, 7) is 8.08. The molecule has 7 heteroatoms. The van der Waals surface area contributed by atoms with E-state index >= 15 is 0 Å². The van der Waals surface area contributed by atoms with Crippen molar-refractivity contribution in [3.05, 3.63) is 59.7 Å². The summed E-state index contributed by atoms with van der Waals surface area (Å²) in [6.07, 6.45) is 0.480. The molecule has 1 N–H and O–H groups in total. The minimum Gasteiger partial charge on any atom is -0.373 e. The zero-order chi connectivity index (χ0) is 20.2. The van der Waals surface area contributed by atoms with Crippen LogP contribution in [0.1, 0.15) is 29.8 Å². The Morgan fingerprint density at radius 2 is 1.83 bits per heavy atom. The van der Waals surface area contributed by atoms with Crippen LogP contribution in [0.3, 0.4) is 0 Å². The van der Waals surface area contributed by atoms with Crippen molar-refractivity contribution in [1.82, 2.24) is 25.2 Å². The number of hydrogen-bond acceptors (Lipinski definition) is 5. The third-order valence-corrected chi connectivity index (χ3v) is 5.18. The zero-order valence-corrected chi connectivity index (χ0v) is 16.9. The first-order valence-electron chi connectivity index (χ1n) is 10.1. The molecule has 0 aliphatic carbocycles. The largest absolute Gasteiger partial charge is 0.373 e. The van der Waals surface area contributed by atoms with Crippen LogP contribution in [-0.4, -0.2) is 64.2 Å². The lowest BCUT2D eigenvalue weighted by atomic mass is 10.1. The van der Waals surface area contributed by atoms with Gasteiger partial charge in [-0.05, 0) is 43.7 Å². The molecule has 7 nitrogen and oxygen atoms in total. The van der Waals surface area contributed by atoms with Gasteiger partial charge in [0.15, 0.2) is 0 Å². The van der Waals surface area contributed by atoms with Crippen LogP contribution in [-0.2, 0) is 11.3 Å². The van der Waals surface area contributed by atoms with E-state index in [2.05, 4.69) is 34.4 Å². The molecule has 0 radical (unpaired) electrons. The molecule has 152 valence electrons. The van der Waals surface area contributed by atoms with Crippen molar-refractivity contribution < 1.29 is 9.53 Å². The van der Waals surface area contributed by atoms with Gasteiger partial charge in [-0.25, -0.2) is 4.68 Å². The molecule has 1 amide bonds. The number of benzene rings is 2. The second-order valence-electron chi connectivity index (χ2n) is 7.71. The molecule has 4 rings (SSSR count). The maximum absolute atomic E-state index is 12.4. The second-order valence-corrected chi connectivity index (χ2v) is 7.71. The molecule has 1 aliphatic heterocycles. The summed E-state index contributed by atoms with van der Waals surface area (Å²) in [6, 6.07) is 15.6. The number of morpholine rings is 1. The summed E-state index contributed by atoms with van der Waals surface area (Å²) in [4.78, 5) is 14.8. The van der Waals surface area contributed by atoms with Crippen LogP contribution in [0.15, 0.2) is 48.5 Å². The predicted octanol–water partition coefficient (Wildman–Crippen LogP) is 2.32. The van der Waals surface area contributed by atoms with Gasteiger partial charge in [0.05, 0.1) is 24.3 Å².